The number of nitrogens with zero attached hydrogens (tertiary/aromatic N) is 3. The number of benzene rings is 1. The standard InChI is InChI=1S/C18H20N4O4/c1-12-10-21(11-13(2)26-12)17-8-5-15(9-19-17)20-18(23)14-3-6-16(7-4-14)22(24)25/h3-9,12-13H,10-11H2,1-2H3,(H,20,23). The Kier molecular flexibility index (Phi) is 5.13. The SMILES string of the molecule is CC1CN(c2ccc(NC(=O)c3ccc([N+](=O)[O-])cc3)cn2)CC(C)O1. The van der Waals surface area contributed by atoms with Gasteiger partial charge in [0.25, 0.3) is 11.6 Å². The van der Waals surface area contributed by atoms with Crippen LogP contribution in [0.1, 0.15) is 24.2 Å². The molecule has 1 amide bonds. The highest BCUT2D eigenvalue weighted by molar-refractivity contribution is 6.04. The average molecular weight is 356 g/mol. The highest BCUT2D eigenvalue weighted by Crippen LogP contribution is 2.20. The Hall–Kier alpha value is -3.00. The summed E-state index contributed by atoms with van der Waals surface area (Å²) in [6.07, 6.45) is 1.88. The van der Waals surface area contributed by atoms with Gasteiger partial charge in [0.2, 0.25) is 0 Å². The van der Waals surface area contributed by atoms with Gasteiger partial charge >= 0.3 is 0 Å². The Bertz CT molecular complexity index is 782. The maximum atomic E-state index is 12.2. The molecule has 0 radical (unpaired) electrons. The maximum absolute atomic E-state index is 12.2. The number of hydrogen-bond donors (Lipinski definition) is 1. The molecule has 136 valence electrons. The highest BCUT2D eigenvalue weighted by atomic mass is 16.6. The van der Waals surface area contributed by atoms with E-state index in [2.05, 4.69) is 15.2 Å². The summed E-state index contributed by atoms with van der Waals surface area (Å²) in [6, 6.07) is 9.10. The number of rotatable bonds is 4. The van der Waals surface area contributed by atoms with Crippen LogP contribution < -0.4 is 10.2 Å². The third-order valence-electron chi connectivity index (χ3n) is 4.09. The third-order valence-corrected chi connectivity index (χ3v) is 4.09. The van der Waals surface area contributed by atoms with Crippen molar-refractivity contribution in [1.29, 1.82) is 0 Å². The lowest BCUT2D eigenvalue weighted by atomic mass is 10.2. The number of carbonyl (C=O) groups is 1. The lowest BCUT2D eigenvalue weighted by Crippen LogP contribution is -2.45. The summed E-state index contributed by atoms with van der Waals surface area (Å²) in [5, 5.41) is 13.4. The zero-order chi connectivity index (χ0) is 18.7. The molecule has 1 saturated heterocycles. The molecule has 1 aromatic heterocycles. The largest absolute Gasteiger partial charge is 0.372 e. The van der Waals surface area contributed by atoms with Crippen molar-refractivity contribution >= 4 is 23.1 Å². The predicted octanol–water partition coefficient (Wildman–Crippen LogP) is 2.86. The molecule has 0 aliphatic carbocycles. The van der Waals surface area contributed by atoms with E-state index in [-0.39, 0.29) is 23.8 Å². The second kappa shape index (κ2) is 7.49. The number of nitro benzene ring substituents is 1. The number of anilines is 2. The Morgan fingerprint density at radius 1 is 1.19 bits per heavy atom. The van der Waals surface area contributed by atoms with E-state index in [1.54, 1.807) is 12.3 Å². The fourth-order valence-electron chi connectivity index (χ4n) is 2.95. The first-order valence-corrected chi connectivity index (χ1v) is 8.34. The zero-order valence-electron chi connectivity index (χ0n) is 14.6. The fraction of sp³-hybridized carbons (Fsp3) is 0.333. The Balaban J connectivity index is 1.65. The number of ether oxygens (including phenoxy) is 1. The molecular formula is C18H20N4O4. The number of non-ortho nitro benzene ring substituents is 1. The summed E-state index contributed by atoms with van der Waals surface area (Å²) in [6.45, 7) is 5.60. The fourth-order valence-corrected chi connectivity index (χ4v) is 2.95. The quantitative estimate of drug-likeness (QED) is 0.668. The van der Waals surface area contributed by atoms with Crippen molar-refractivity contribution in [2.75, 3.05) is 23.3 Å². The molecule has 2 aromatic rings. The number of aromatic nitrogens is 1. The molecule has 8 heteroatoms. The van der Waals surface area contributed by atoms with E-state index < -0.39 is 4.92 Å². The van der Waals surface area contributed by atoms with Crippen molar-refractivity contribution in [3.63, 3.8) is 0 Å². The van der Waals surface area contributed by atoms with E-state index >= 15 is 0 Å². The molecule has 2 atom stereocenters. The maximum Gasteiger partial charge on any atom is 0.269 e. The summed E-state index contributed by atoms with van der Waals surface area (Å²) in [7, 11) is 0. The van der Waals surface area contributed by atoms with Gasteiger partial charge in [0, 0.05) is 30.8 Å². The molecule has 2 heterocycles. The van der Waals surface area contributed by atoms with Crippen molar-refractivity contribution in [2.45, 2.75) is 26.1 Å². The first-order valence-electron chi connectivity index (χ1n) is 8.34. The van der Waals surface area contributed by atoms with Crippen molar-refractivity contribution in [2.24, 2.45) is 0 Å². The van der Waals surface area contributed by atoms with E-state index in [9.17, 15) is 14.9 Å². The Morgan fingerprint density at radius 2 is 1.85 bits per heavy atom. The van der Waals surface area contributed by atoms with Crippen molar-refractivity contribution < 1.29 is 14.5 Å². The summed E-state index contributed by atoms with van der Waals surface area (Å²) in [4.78, 5) is 29.0. The van der Waals surface area contributed by atoms with E-state index in [1.165, 1.54) is 24.3 Å². The summed E-state index contributed by atoms with van der Waals surface area (Å²) in [5.74, 6) is 0.489. The normalized spacial score (nSPS) is 19.8. The van der Waals surface area contributed by atoms with Gasteiger partial charge in [-0.2, -0.15) is 0 Å². The van der Waals surface area contributed by atoms with E-state index in [0.29, 0.717) is 11.3 Å². The van der Waals surface area contributed by atoms with E-state index in [4.69, 9.17) is 4.74 Å². The number of nitro groups is 1. The van der Waals surface area contributed by atoms with Crippen LogP contribution in [0.3, 0.4) is 0 Å². The van der Waals surface area contributed by atoms with Crippen molar-refractivity contribution in [3.05, 3.63) is 58.3 Å². The van der Waals surface area contributed by atoms with E-state index in [0.717, 1.165) is 18.9 Å². The van der Waals surface area contributed by atoms with Crippen LogP contribution in [-0.4, -0.2) is 41.1 Å². The molecule has 0 spiro atoms. The van der Waals surface area contributed by atoms with Gasteiger partial charge in [0.1, 0.15) is 5.82 Å². The van der Waals surface area contributed by atoms with Gasteiger partial charge in [-0.25, -0.2) is 4.98 Å². The Labute approximate surface area is 150 Å². The van der Waals surface area contributed by atoms with Crippen molar-refractivity contribution in [3.8, 4) is 0 Å². The van der Waals surface area contributed by atoms with Gasteiger partial charge in [-0.15, -0.1) is 0 Å². The summed E-state index contributed by atoms with van der Waals surface area (Å²) in [5.41, 5.74) is 0.850. The lowest BCUT2D eigenvalue weighted by molar-refractivity contribution is -0.384. The van der Waals surface area contributed by atoms with Gasteiger partial charge in [-0.1, -0.05) is 0 Å². The van der Waals surface area contributed by atoms with Crippen LogP contribution in [0.5, 0.6) is 0 Å². The molecule has 26 heavy (non-hydrogen) atoms. The minimum absolute atomic E-state index is 0.0541. The predicted molar refractivity (Wildman–Crippen MR) is 97.5 cm³/mol. The number of carbonyl (C=O) groups excluding carboxylic acids is 1. The monoisotopic (exact) mass is 356 g/mol. The zero-order valence-corrected chi connectivity index (χ0v) is 14.6. The van der Waals surface area contributed by atoms with Crippen molar-refractivity contribution in [1.82, 2.24) is 4.98 Å². The number of pyridine rings is 1. The number of hydrogen-bond acceptors (Lipinski definition) is 6. The van der Waals surface area contributed by atoms with Gasteiger partial charge in [0.15, 0.2) is 0 Å². The first-order chi connectivity index (χ1) is 12.4. The smallest absolute Gasteiger partial charge is 0.269 e. The van der Waals surface area contributed by atoms with Crippen LogP contribution >= 0.6 is 0 Å². The number of nitrogens with one attached hydrogen (secondary N) is 1. The van der Waals surface area contributed by atoms with Crippen LogP contribution in [0, 0.1) is 10.1 Å². The number of amides is 1. The first kappa shape index (κ1) is 17.8. The average Bonchev–Trinajstić information content (AvgIpc) is 2.61. The summed E-state index contributed by atoms with van der Waals surface area (Å²) < 4.78 is 5.72. The molecule has 1 N–H and O–H groups in total. The second-order valence-electron chi connectivity index (χ2n) is 6.33. The Morgan fingerprint density at radius 3 is 2.38 bits per heavy atom. The van der Waals surface area contributed by atoms with Crippen LogP contribution in [0.4, 0.5) is 17.2 Å². The molecular weight excluding hydrogens is 336 g/mol. The molecule has 1 fully saturated rings. The molecule has 0 bridgehead atoms. The minimum Gasteiger partial charge on any atom is -0.372 e. The summed E-state index contributed by atoms with van der Waals surface area (Å²) >= 11 is 0. The third kappa shape index (κ3) is 4.15. The van der Waals surface area contributed by atoms with Crippen LogP contribution in [-0.2, 0) is 4.74 Å². The second-order valence-corrected chi connectivity index (χ2v) is 6.33. The molecule has 1 aromatic carbocycles. The number of morpholine rings is 1. The molecule has 2 unspecified atom stereocenters. The van der Waals surface area contributed by atoms with Crippen LogP contribution in [0.15, 0.2) is 42.6 Å². The van der Waals surface area contributed by atoms with Crippen LogP contribution in [0.2, 0.25) is 0 Å². The molecule has 0 saturated carbocycles. The van der Waals surface area contributed by atoms with Gasteiger partial charge < -0.3 is 15.0 Å². The van der Waals surface area contributed by atoms with Gasteiger partial charge in [0.05, 0.1) is 29.0 Å². The molecule has 8 nitrogen and oxygen atoms in total. The molecule has 1 aliphatic rings. The minimum atomic E-state index is -0.502. The topological polar surface area (TPSA) is 97.6 Å². The van der Waals surface area contributed by atoms with E-state index in [1.807, 2.05) is 19.9 Å². The molecule has 1 aliphatic heterocycles. The molecule has 3 rings (SSSR count). The highest BCUT2D eigenvalue weighted by Gasteiger charge is 2.23. The van der Waals surface area contributed by atoms with Gasteiger partial charge in [-0.3, -0.25) is 14.9 Å². The van der Waals surface area contributed by atoms with Gasteiger partial charge in [-0.05, 0) is 38.1 Å². The van der Waals surface area contributed by atoms with Crippen LogP contribution in [0.25, 0.3) is 0 Å². The lowest BCUT2D eigenvalue weighted by Gasteiger charge is -2.36.